The molecule has 0 aromatic heterocycles. The van der Waals surface area contributed by atoms with Gasteiger partial charge in [0.25, 0.3) is 0 Å². The number of benzene rings is 1. The predicted molar refractivity (Wildman–Crippen MR) is 56.3 cm³/mol. The standard InChI is InChI=1S/C12H10F2N2O/c13-12(14)17-11-4-3-9(5-7-16)10(8-11)2-1-6-15/h3-4,8,12H,1-2,5H2. The summed E-state index contributed by atoms with van der Waals surface area (Å²) in [5.74, 6) is 0.0506. The number of aryl methyl sites for hydroxylation is 1. The number of rotatable bonds is 5. The molecule has 0 saturated carbocycles. The van der Waals surface area contributed by atoms with Gasteiger partial charge < -0.3 is 4.74 Å². The van der Waals surface area contributed by atoms with Crippen LogP contribution in [0.1, 0.15) is 17.5 Å². The molecule has 0 amide bonds. The van der Waals surface area contributed by atoms with Crippen LogP contribution in [0.3, 0.4) is 0 Å². The summed E-state index contributed by atoms with van der Waals surface area (Å²) in [7, 11) is 0. The Bertz CT molecular complexity index is 461. The fourth-order valence-corrected chi connectivity index (χ4v) is 1.46. The Hall–Kier alpha value is -2.14. The minimum Gasteiger partial charge on any atom is -0.435 e. The number of nitrogens with zero attached hydrogens (tertiary/aromatic N) is 2. The molecule has 0 bridgehead atoms. The topological polar surface area (TPSA) is 56.8 Å². The van der Waals surface area contributed by atoms with Crippen LogP contribution in [0, 0.1) is 22.7 Å². The minimum absolute atomic E-state index is 0.0506. The van der Waals surface area contributed by atoms with Crippen LogP contribution in [0.25, 0.3) is 0 Å². The van der Waals surface area contributed by atoms with Crippen molar-refractivity contribution in [3.8, 4) is 17.9 Å². The Morgan fingerprint density at radius 1 is 1.18 bits per heavy atom. The second-order valence-electron chi connectivity index (χ2n) is 3.30. The highest BCUT2D eigenvalue weighted by Gasteiger charge is 2.08. The van der Waals surface area contributed by atoms with Crippen molar-refractivity contribution in [3.05, 3.63) is 29.3 Å². The van der Waals surface area contributed by atoms with Crippen molar-refractivity contribution < 1.29 is 13.5 Å². The van der Waals surface area contributed by atoms with Crippen LogP contribution in [-0.2, 0) is 12.8 Å². The van der Waals surface area contributed by atoms with Crippen molar-refractivity contribution in [2.45, 2.75) is 25.9 Å². The zero-order valence-corrected chi connectivity index (χ0v) is 8.99. The van der Waals surface area contributed by atoms with Crippen molar-refractivity contribution in [2.24, 2.45) is 0 Å². The highest BCUT2D eigenvalue weighted by molar-refractivity contribution is 5.37. The van der Waals surface area contributed by atoms with Crippen LogP contribution in [0.5, 0.6) is 5.75 Å². The number of nitriles is 2. The highest BCUT2D eigenvalue weighted by Crippen LogP contribution is 2.21. The van der Waals surface area contributed by atoms with Crippen molar-refractivity contribution >= 4 is 0 Å². The average molecular weight is 236 g/mol. The molecule has 5 heteroatoms. The van der Waals surface area contributed by atoms with E-state index in [2.05, 4.69) is 4.74 Å². The molecule has 0 unspecified atom stereocenters. The normalized spacial score (nSPS) is 9.71. The third-order valence-electron chi connectivity index (χ3n) is 2.18. The van der Waals surface area contributed by atoms with Crippen LogP contribution in [0.15, 0.2) is 18.2 Å². The molecule has 0 saturated heterocycles. The molecule has 0 spiro atoms. The number of alkyl halides is 2. The van der Waals surface area contributed by atoms with Gasteiger partial charge in [-0.2, -0.15) is 19.3 Å². The molecule has 0 fully saturated rings. The van der Waals surface area contributed by atoms with E-state index in [0.717, 1.165) is 5.56 Å². The van der Waals surface area contributed by atoms with Gasteiger partial charge in [0.15, 0.2) is 0 Å². The second-order valence-corrected chi connectivity index (χ2v) is 3.30. The Labute approximate surface area is 97.9 Å². The van der Waals surface area contributed by atoms with Crippen molar-refractivity contribution in [3.63, 3.8) is 0 Å². The van der Waals surface area contributed by atoms with Gasteiger partial charge in [-0.1, -0.05) is 6.07 Å². The van der Waals surface area contributed by atoms with E-state index in [0.29, 0.717) is 12.0 Å². The Morgan fingerprint density at radius 2 is 1.94 bits per heavy atom. The van der Waals surface area contributed by atoms with Crippen LogP contribution in [0.4, 0.5) is 8.78 Å². The first kappa shape index (κ1) is 12.9. The van der Waals surface area contributed by atoms with Gasteiger partial charge in [0, 0.05) is 6.42 Å². The summed E-state index contributed by atoms with van der Waals surface area (Å²) in [6.07, 6.45) is 0.889. The first-order valence-corrected chi connectivity index (χ1v) is 4.98. The summed E-state index contributed by atoms with van der Waals surface area (Å²) < 4.78 is 28.3. The molecule has 88 valence electrons. The van der Waals surface area contributed by atoms with E-state index in [-0.39, 0.29) is 18.6 Å². The lowest BCUT2D eigenvalue weighted by Crippen LogP contribution is -2.03. The SMILES string of the molecule is N#CCCc1cc(OC(F)F)ccc1CC#N. The molecular formula is C12H10F2N2O. The molecular weight excluding hydrogens is 226 g/mol. The highest BCUT2D eigenvalue weighted by atomic mass is 19.3. The van der Waals surface area contributed by atoms with Gasteiger partial charge in [-0.3, -0.25) is 0 Å². The molecule has 0 atom stereocenters. The molecule has 1 rings (SSSR count). The predicted octanol–water partition coefficient (Wildman–Crippen LogP) is 2.81. The number of ether oxygens (including phenoxy) is 1. The van der Waals surface area contributed by atoms with Gasteiger partial charge in [-0.05, 0) is 29.7 Å². The molecule has 1 aromatic rings. The lowest BCUT2D eigenvalue weighted by atomic mass is 10.0. The molecule has 0 aliphatic heterocycles. The van der Waals surface area contributed by atoms with E-state index in [4.69, 9.17) is 10.5 Å². The Balaban J connectivity index is 2.93. The van der Waals surface area contributed by atoms with Gasteiger partial charge in [-0.25, -0.2) is 0 Å². The molecule has 0 N–H and O–H groups in total. The third-order valence-corrected chi connectivity index (χ3v) is 2.18. The summed E-state index contributed by atoms with van der Waals surface area (Å²) in [6, 6.07) is 8.39. The van der Waals surface area contributed by atoms with Crippen LogP contribution in [-0.4, -0.2) is 6.61 Å². The van der Waals surface area contributed by atoms with E-state index in [1.807, 2.05) is 12.1 Å². The van der Waals surface area contributed by atoms with Gasteiger partial charge in [0.05, 0.1) is 18.6 Å². The maximum absolute atomic E-state index is 12.0. The van der Waals surface area contributed by atoms with E-state index >= 15 is 0 Å². The van der Waals surface area contributed by atoms with Crippen molar-refractivity contribution in [2.75, 3.05) is 0 Å². The Kier molecular flexibility index (Phi) is 4.90. The van der Waals surface area contributed by atoms with Gasteiger partial charge >= 0.3 is 6.61 Å². The lowest BCUT2D eigenvalue weighted by Gasteiger charge is -2.09. The molecule has 0 heterocycles. The maximum Gasteiger partial charge on any atom is 0.387 e. The van der Waals surface area contributed by atoms with Gasteiger partial charge in [0.1, 0.15) is 5.75 Å². The first-order valence-electron chi connectivity index (χ1n) is 4.98. The van der Waals surface area contributed by atoms with E-state index in [9.17, 15) is 8.78 Å². The van der Waals surface area contributed by atoms with Gasteiger partial charge in [-0.15, -0.1) is 0 Å². The molecule has 0 radical (unpaired) electrons. The third kappa shape index (κ3) is 4.08. The average Bonchev–Trinajstić information content (AvgIpc) is 2.28. The minimum atomic E-state index is -2.87. The number of halogens is 2. The molecule has 17 heavy (non-hydrogen) atoms. The summed E-state index contributed by atoms with van der Waals surface area (Å²) in [6.45, 7) is -2.87. The maximum atomic E-state index is 12.0. The van der Waals surface area contributed by atoms with E-state index < -0.39 is 6.61 Å². The molecule has 3 nitrogen and oxygen atoms in total. The fraction of sp³-hybridized carbons (Fsp3) is 0.333. The monoisotopic (exact) mass is 236 g/mol. The zero-order valence-electron chi connectivity index (χ0n) is 8.99. The summed E-state index contributed by atoms with van der Waals surface area (Å²) in [5, 5.41) is 17.1. The summed E-state index contributed by atoms with van der Waals surface area (Å²) >= 11 is 0. The summed E-state index contributed by atoms with van der Waals surface area (Å²) in [5.41, 5.74) is 1.44. The molecule has 0 aliphatic rings. The van der Waals surface area contributed by atoms with Crippen molar-refractivity contribution in [1.29, 1.82) is 10.5 Å². The number of hydrogen-bond donors (Lipinski definition) is 0. The number of hydrogen-bond acceptors (Lipinski definition) is 3. The molecule has 0 aliphatic carbocycles. The second kappa shape index (κ2) is 6.44. The van der Waals surface area contributed by atoms with Crippen LogP contribution < -0.4 is 4.74 Å². The van der Waals surface area contributed by atoms with Crippen LogP contribution in [0.2, 0.25) is 0 Å². The first-order chi connectivity index (χ1) is 8.17. The smallest absolute Gasteiger partial charge is 0.387 e. The van der Waals surface area contributed by atoms with Crippen LogP contribution >= 0.6 is 0 Å². The summed E-state index contributed by atoms with van der Waals surface area (Å²) in [4.78, 5) is 0. The lowest BCUT2D eigenvalue weighted by molar-refractivity contribution is -0.0498. The van der Waals surface area contributed by atoms with E-state index in [1.165, 1.54) is 12.1 Å². The fourth-order valence-electron chi connectivity index (χ4n) is 1.46. The van der Waals surface area contributed by atoms with Crippen molar-refractivity contribution in [1.82, 2.24) is 0 Å². The quantitative estimate of drug-likeness (QED) is 0.789. The largest absolute Gasteiger partial charge is 0.435 e. The van der Waals surface area contributed by atoms with E-state index in [1.54, 1.807) is 6.07 Å². The van der Waals surface area contributed by atoms with Gasteiger partial charge in [0.2, 0.25) is 0 Å². The zero-order chi connectivity index (χ0) is 12.7. The Morgan fingerprint density at radius 3 is 2.53 bits per heavy atom. The molecule has 1 aromatic carbocycles.